The molecule has 0 aliphatic carbocycles. The van der Waals surface area contributed by atoms with Crippen molar-refractivity contribution in [1.29, 1.82) is 0 Å². The van der Waals surface area contributed by atoms with Gasteiger partial charge in [0.05, 0.1) is 22.8 Å². The van der Waals surface area contributed by atoms with Crippen molar-refractivity contribution < 1.29 is 4.79 Å². The van der Waals surface area contributed by atoms with Crippen LogP contribution in [0.4, 0.5) is 17.1 Å². The first-order valence-corrected chi connectivity index (χ1v) is 13.3. The van der Waals surface area contributed by atoms with E-state index in [0.29, 0.717) is 12.1 Å². The van der Waals surface area contributed by atoms with Crippen LogP contribution in [0.2, 0.25) is 0 Å². The third-order valence-corrected chi connectivity index (χ3v) is 7.21. The number of anilines is 1. The van der Waals surface area contributed by atoms with Gasteiger partial charge in [-0.1, -0.05) is 24.3 Å². The summed E-state index contributed by atoms with van der Waals surface area (Å²) in [4.78, 5) is 28.8. The zero-order valence-electron chi connectivity index (χ0n) is 21.9. The van der Waals surface area contributed by atoms with E-state index in [9.17, 15) is 4.79 Å². The molecule has 3 aromatic rings. The lowest BCUT2D eigenvalue weighted by molar-refractivity contribution is 0.0951. The van der Waals surface area contributed by atoms with E-state index >= 15 is 0 Å². The van der Waals surface area contributed by atoms with Crippen molar-refractivity contribution in [2.24, 2.45) is 15.0 Å². The summed E-state index contributed by atoms with van der Waals surface area (Å²) in [5, 5.41) is 6.44. The maximum absolute atomic E-state index is 12.5. The Labute approximate surface area is 223 Å². The van der Waals surface area contributed by atoms with Gasteiger partial charge in [-0.2, -0.15) is 0 Å². The highest BCUT2D eigenvalue weighted by atomic mass is 16.1. The van der Waals surface area contributed by atoms with E-state index in [0.717, 1.165) is 89.8 Å². The predicted molar refractivity (Wildman–Crippen MR) is 155 cm³/mol. The number of benzene rings is 3. The predicted octanol–water partition coefficient (Wildman–Crippen LogP) is 4.94. The second-order valence-electron chi connectivity index (χ2n) is 10.4. The summed E-state index contributed by atoms with van der Waals surface area (Å²) in [6.45, 7) is 2.36. The highest BCUT2D eigenvalue weighted by molar-refractivity contribution is 6.10. The van der Waals surface area contributed by atoms with Crippen LogP contribution in [0.3, 0.4) is 0 Å². The molecule has 0 fully saturated rings. The van der Waals surface area contributed by atoms with E-state index in [1.54, 1.807) is 0 Å². The monoisotopic (exact) mass is 504 g/mol. The van der Waals surface area contributed by atoms with Crippen LogP contribution >= 0.6 is 0 Å². The summed E-state index contributed by atoms with van der Waals surface area (Å²) in [7, 11) is 3.99. The molecule has 3 aliphatic rings. The molecule has 0 saturated heterocycles. The van der Waals surface area contributed by atoms with Crippen molar-refractivity contribution in [2.75, 3.05) is 39.0 Å². The number of aliphatic imine (C=N–C) groups is 3. The number of rotatable bonds is 7. The van der Waals surface area contributed by atoms with Gasteiger partial charge in [-0.25, -0.2) is 0 Å². The number of likely N-dealkylation sites (N-methyl/N-ethyl adjacent to an activating group) is 1. The van der Waals surface area contributed by atoms with Gasteiger partial charge in [0, 0.05) is 50.1 Å². The van der Waals surface area contributed by atoms with Gasteiger partial charge in [-0.3, -0.25) is 19.8 Å². The third-order valence-electron chi connectivity index (χ3n) is 7.21. The Bertz CT molecular complexity index is 1480. The van der Waals surface area contributed by atoms with E-state index in [1.165, 1.54) is 5.56 Å². The van der Waals surface area contributed by atoms with Crippen molar-refractivity contribution in [1.82, 2.24) is 10.2 Å². The van der Waals surface area contributed by atoms with Gasteiger partial charge in [0.15, 0.2) is 0 Å². The molecule has 0 atom stereocenters. The first-order chi connectivity index (χ1) is 18.5. The fourth-order valence-corrected chi connectivity index (χ4v) is 5.11. The minimum Gasteiger partial charge on any atom is -0.351 e. The molecule has 0 radical (unpaired) electrons. The fourth-order valence-electron chi connectivity index (χ4n) is 5.11. The lowest BCUT2D eigenvalue weighted by atomic mass is 9.99. The maximum atomic E-state index is 12.5. The Morgan fingerprint density at radius 2 is 1.53 bits per heavy atom. The highest BCUT2D eigenvalue weighted by Gasteiger charge is 2.20. The number of amides is 1. The second kappa shape index (κ2) is 10.3. The van der Waals surface area contributed by atoms with Crippen molar-refractivity contribution in [2.45, 2.75) is 25.7 Å². The van der Waals surface area contributed by atoms with Crippen LogP contribution in [0.5, 0.6) is 0 Å². The molecule has 0 bridgehead atoms. The average Bonchev–Trinajstić information content (AvgIpc) is 3.67. The molecule has 7 nitrogen and oxygen atoms in total. The Balaban J connectivity index is 1.10. The van der Waals surface area contributed by atoms with Crippen LogP contribution in [0, 0.1) is 0 Å². The standard InChI is InChI=1S/C31H32N6O/c1-37(2)15-14-33-31(38)22-9-11-26-23(16-22)18-28(35-26)20-5-7-21(8-6-20)29-19-24-17-25(10-12-27(24)36-29)34-30-4-3-13-32-30/h5-12,16-17H,3-4,13-15,18-19H2,1-2H3,(H,32,34)(H,33,38). The first-order valence-electron chi connectivity index (χ1n) is 13.3. The number of nitrogens with zero attached hydrogens (tertiary/aromatic N) is 4. The van der Waals surface area contributed by atoms with Crippen LogP contribution in [-0.2, 0) is 12.8 Å². The van der Waals surface area contributed by atoms with Crippen molar-refractivity contribution in [3.63, 3.8) is 0 Å². The van der Waals surface area contributed by atoms with Gasteiger partial charge >= 0.3 is 0 Å². The summed E-state index contributed by atoms with van der Waals surface area (Å²) in [5.41, 5.74) is 10.4. The van der Waals surface area contributed by atoms with Crippen LogP contribution in [0.1, 0.15) is 45.5 Å². The number of carbonyl (C=O) groups is 1. The smallest absolute Gasteiger partial charge is 0.251 e. The molecular formula is C31H32N6O. The van der Waals surface area contributed by atoms with Crippen molar-refractivity contribution in [3.05, 3.63) is 88.5 Å². The molecule has 3 heterocycles. The Morgan fingerprint density at radius 1 is 0.868 bits per heavy atom. The largest absolute Gasteiger partial charge is 0.351 e. The van der Waals surface area contributed by atoms with Crippen LogP contribution in [-0.4, -0.2) is 61.8 Å². The summed E-state index contributed by atoms with van der Waals surface area (Å²) >= 11 is 0. The minimum atomic E-state index is -0.0408. The van der Waals surface area contributed by atoms with E-state index in [2.05, 4.69) is 58.1 Å². The zero-order chi connectivity index (χ0) is 26.1. The molecule has 3 aliphatic heterocycles. The molecule has 38 heavy (non-hydrogen) atoms. The number of hydrogen-bond acceptors (Lipinski definition) is 6. The topological polar surface area (TPSA) is 81.5 Å². The van der Waals surface area contributed by atoms with Gasteiger partial charge in [-0.15, -0.1) is 0 Å². The van der Waals surface area contributed by atoms with E-state index in [1.807, 2.05) is 37.2 Å². The fraction of sp³-hybridized carbons (Fsp3) is 0.290. The molecular weight excluding hydrogens is 472 g/mol. The zero-order valence-corrected chi connectivity index (χ0v) is 21.9. The quantitative estimate of drug-likeness (QED) is 0.478. The normalized spacial score (nSPS) is 15.6. The first kappa shape index (κ1) is 24.2. The Morgan fingerprint density at radius 3 is 2.16 bits per heavy atom. The average molecular weight is 505 g/mol. The highest BCUT2D eigenvalue weighted by Crippen LogP contribution is 2.33. The number of carbonyl (C=O) groups excluding carboxylic acids is 1. The molecule has 1 amide bonds. The van der Waals surface area contributed by atoms with Crippen LogP contribution < -0.4 is 10.6 Å². The molecule has 0 saturated carbocycles. The number of fused-ring (bicyclic) bond motifs is 2. The second-order valence-corrected chi connectivity index (χ2v) is 10.4. The molecule has 0 unspecified atom stereocenters. The van der Waals surface area contributed by atoms with Gasteiger partial charge in [0.1, 0.15) is 5.84 Å². The number of hydrogen-bond donors (Lipinski definition) is 2. The Kier molecular flexibility index (Phi) is 6.60. The SMILES string of the molecule is CN(C)CCNC(=O)c1ccc2c(c1)CC(c1ccc(C3=Nc4ccc(NC5=NCCC5)cc4C3)cc1)=N2. The minimum absolute atomic E-state index is 0.0408. The molecule has 192 valence electrons. The van der Waals surface area contributed by atoms with Gasteiger partial charge in [0.2, 0.25) is 0 Å². The van der Waals surface area contributed by atoms with Crippen molar-refractivity contribution in [3.8, 4) is 0 Å². The lowest BCUT2D eigenvalue weighted by Gasteiger charge is -2.10. The molecule has 6 rings (SSSR count). The van der Waals surface area contributed by atoms with E-state index < -0.39 is 0 Å². The van der Waals surface area contributed by atoms with Crippen LogP contribution in [0.15, 0.2) is 75.6 Å². The van der Waals surface area contributed by atoms with Crippen LogP contribution in [0.25, 0.3) is 0 Å². The molecule has 0 aromatic heterocycles. The van der Waals surface area contributed by atoms with Gasteiger partial charge in [0.25, 0.3) is 5.91 Å². The van der Waals surface area contributed by atoms with Crippen molar-refractivity contribution >= 4 is 40.2 Å². The molecule has 7 heteroatoms. The molecule has 0 spiro atoms. The van der Waals surface area contributed by atoms with Gasteiger partial charge in [-0.05, 0) is 79.2 Å². The third kappa shape index (κ3) is 5.15. The summed E-state index contributed by atoms with van der Waals surface area (Å²) in [6.07, 6.45) is 3.70. The molecule has 2 N–H and O–H groups in total. The van der Waals surface area contributed by atoms with E-state index in [-0.39, 0.29) is 5.91 Å². The Hall–Kier alpha value is -4.10. The number of amidine groups is 1. The summed E-state index contributed by atoms with van der Waals surface area (Å²) in [6, 6.07) is 20.7. The summed E-state index contributed by atoms with van der Waals surface area (Å²) in [5.74, 6) is 1.04. The van der Waals surface area contributed by atoms with Gasteiger partial charge < -0.3 is 15.5 Å². The maximum Gasteiger partial charge on any atom is 0.251 e. The van der Waals surface area contributed by atoms with E-state index in [4.69, 9.17) is 9.98 Å². The summed E-state index contributed by atoms with van der Waals surface area (Å²) < 4.78 is 0. The lowest BCUT2D eigenvalue weighted by Crippen LogP contribution is -2.31. The molecule has 3 aromatic carbocycles. The number of nitrogens with one attached hydrogen (secondary N) is 2.